The minimum atomic E-state index is -0.726. The molecule has 0 spiro atoms. The molecule has 3 aromatic rings. The number of fused-ring (bicyclic) bond motifs is 1. The van der Waals surface area contributed by atoms with Crippen LogP contribution in [0, 0.1) is 0 Å². The van der Waals surface area contributed by atoms with E-state index in [1.165, 1.54) is 0 Å². The number of rotatable bonds is 10. The van der Waals surface area contributed by atoms with Crippen molar-refractivity contribution in [2.75, 3.05) is 13.2 Å². The average Bonchev–Trinajstić information content (AvgIpc) is 3.62. The number of hydrogen-bond acceptors (Lipinski definition) is 6. The highest BCUT2D eigenvalue weighted by Crippen LogP contribution is 2.41. The highest BCUT2D eigenvalue weighted by molar-refractivity contribution is 6.46. The maximum atomic E-state index is 13.4. The normalized spacial score (nSPS) is 20.0. The minimum absolute atomic E-state index is 0.0546. The van der Waals surface area contributed by atoms with E-state index in [9.17, 15) is 14.7 Å². The summed E-state index contributed by atoms with van der Waals surface area (Å²) in [5.41, 5.74) is 2.29. The van der Waals surface area contributed by atoms with Crippen LogP contribution in [-0.2, 0) is 22.6 Å². The Balaban J connectivity index is 1.51. The predicted octanol–water partition coefficient (Wildman–Crippen LogP) is 4.90. The molecule has 0 bridgehead atoms. The van der Waals surface area contributed by atoms with Crippen molar-refractivity contribution in [3.05, 3.63) is 83.4 Å². The molecule has 1 fully saturated rings. The van der Waals surface area contributed by atoms with E-state index in [1.54, 1.807) is 23.5 Å². The van der Waals surface area contributed by atoms with Crippen molar-refractivity contribution >= 4 is 17.4 Å². The van der Waals surface area contributed by atoms with E-state index >= 15 is 0 Å². The number of carbonyl (C=O) groups is 2. The molecule has 2 aliphatic heterocycles. The summed E-state index contributed by atoms with van der Waals surface area (Å²) in [6.07, 6.45) is 8.64. The van der Waals surface area contributed by atoms with Crippen LogP contribution in [0.2, 0.25) is 0 Å². The van der Waals surface area contributed by atoms with Gasteiger partial charge in [0.1, 0.15) is 23.4 Å². The van der Waals surface area contributed by atoms with E-state index in [1.807, 2.05) is 54.1 Å². The summed E-state index contributed by atoms with van der Waals surface area (Å²) in [5, 5.41) is 11.5. The topological polar surface area (TPSA) is 93.9 Å². The molecule has 2 aliphatic rings. The van der Waals surface area contributed by atoms with E-state index in [0.717, 1.165) is 36.1 Å². The molecule has 2 aromatic carbocycles. The smallest absolute Gasteiger partial charge is 0.295 e. The standard InChI is InChI=1S/C30H33N3O5/c1-3-4-15-37-24-8-5-7-21(18-24)27-26(28(34)22-9-10-25-23(17-22)16-20(2)38-25)29(35)30(36)33(27)13-6-12-32-14-11-31-19-32/h5,7-11,14,17-20,27,34H,3-4,6,12-13,15-16H2,1-2H3/b28-26+/t20-,27+/m1/s1. The Morgan fingerprint density at radius 1 is 1.16 bits per heavy atom. The quantitative estimate of drug-likeness (QED) is 0.179. The second-order valence-electron chi connectivity index (χ2n) is 9.88. The zero-order valence-electron chi connectivity index (χ0n) is 21.8. The summed E-state index contributed by atoms with van der Waals surface area (Å²) in [7, 11) is 0. The Morgan fingerprint density at radius 2 is 2.03 bits per heavy atom. The van der Waals surface area contributed by atoms with Crippen molar-refractivity contribution in [3.8, 4) is 11.5 Å². The number of imidazole rings is 1. The van der Waals surface area contributed by atoms with E-state index in [2.05, 4.69) is 11.9 Å². The Kier molecular flexibility index (Phi) is 7.49. The number of benzene rings is 2. The average molecular weight is 516 g/mol. The first-order valence-electron chi connectivity index (χ1n) is 13.2. The van der Waals surface area contributed by atoms with Gasteiger partial charge in [-0.05, 0) is 61.2 Å². The first-order chi connectivity index (χ1) is 18.5. The van der Waals surface area contributed by atoms with Crippen molar-refractivity contribution < 1.29 is 24.2 Å². The molecule has 38 heavy (non-hydrogen) atoms. The lowest BCUT2D eigenvalue weighted by atomic mass is 9.94. The first kappa shape index (κ1) is 25.6. The van der Waals surface area contributed by atoms with Gasteiger partial charge in [-0.2, -0.15) is 0 Å². The number of hydrogen-bond donors (Lipinski definition) is 1. The van der Waals surface area contributed by atoms with E-state index in [-0.39, 0.29) is 17.4 Å². The van der Waals surface area contributed by atoms with Gasteiger partial charge in [-0.25, -0.2) is 4.98 Å². The summed E-state index contributed by atoms with van der Waals surface area (Å²) in [5.74, 6) is -0.0219. The second-order valence-corrected chi connectivity index (χ2v) is 9.88. The number of likely N-dealkylation sites (tertiary alicyclic amines) is 1. The van der Waals surface area contributed by atoms with E-state index in [4.69, 9.17) is 9.47 Å². The predicted molar refractivity (Wildman–Crippen MR) is 143 cm³/mol. The molecule has 1 aromatic heterocycles. The highest BCUT2D eigenvalue weighted by Gasteiger charge is 2.46. The Labute approximate surface area is 222 Å². The third-order valence-corrected chi connectivity index (χ3v) is 7.02. The fraction of sp³-hybridized carbons (Fsp3) is 0.367. The van der Waals surface area contributed by atoms with Gasteiger partial charge in [-0.3, -0.25) is 9.59 Å². The molecule has 8 nitrogen and oxygen atoms in total. The minimum Gasteiger partial charge on any atom is -0.507 e. The molecule has 0 radical (unpaired) electrons. The van der Waals surface area contributed by atoms with Gasteiger partial charge in [0.25, 0.3) is 11.7 Å². The second kappa shape index (κ2) is 11.1. The van der Waals surface area contributed by atoms with Crippen molar-refractivity contribution in [2.45, 2.75) is 58.2 Å². The number of amides is 1. The van der Waals surface area contributed by atoms with Crippen molar-refractivity contribution in [1.29, 1.82) is 0 Å². The largest absolute Gasteiger partial charge is 0.507 e. The fourth-order valence-corrected chi connectivity index (χ4v) is 5.13. The zero-order chi connectivity index (χ0) is 26.6. The number of aliphatic hydroxyl groups is 1. The van der Waals surface area contributed by atoms with Gasteiger partial charge in [-0.1, -0.05) is 25.5 Å². The molecule has 1 saturated heterocycles. The number of carbonyl (C=O) groups excluding carboxylic acids is 2. The monoisotopic (exact) mass is 515 g/mol. The summed E-state index contributed by atoms with van der Waals surface area (Å²) in [6.45, 7) is 5.67. The molecular formula is C30H33N3O5. The summed E-state index contributed by atoms with van der Waals surface area (Å²) in [6, 6.07) is 12.1. The fourth-order valence-electron chi connectivity index (χ4n) is 5.13. The van der Waals surface area contributed by atoms with Gasteiger partial charge in [0.05, 0.1) is 24.5 Å². The lowest BCUT2D eigenvalue weighted by molar-refractivity contribution is -0.139. The maximum Gasteiger partial charge on any atom is 0.295 e. The summed E-state index contributed by atoms with van der Waals surface area (Å²) >= 11 is 0. The van der Waals surface area contributed by atoms with Gasteiger partial charge < -0.3 is 24.0 Å². The van der Waals surface area contributed by atoms with Crippen molar-refractivity contribution in [3.63, 3.8) is 0 Å². The molecule has 0 aliphatic carbocycles. The first-order valence-corrected chi connectivity index (χ1v) is 13.2. The number of aryl methyl sites for hydroxylation is 1. The number of nitrogens with zero attached hydrogens (tertiary/aromatic N) is 3. The van der Waals surface area contributed by atoms with Crippen LogP contribution in [-0.4, -0.2) is 50.5 Å². The SMILES string of the molecule is CCCCOc1cccc([C@H]2/C(=C(\O)c3ccc4c(c3)C[C@@H](C)O4)C(=O)C(=O)N2CCCn2ccnc2)c1. The van der Waals surface area contributed by atoms with Gasteiger partial charge in [-0.15, -0.1) is 0 Å². The lowest BCUT2D eigenvalue weighted by Gasteiger charge is -2.26. The van der Waals surface area contributed by atoms with Crippen LogP contribution in [0.15, 0.2) is 66.8 Å². The van der Waals surface area contributed by atoms with Crippen LogP contribution < -0.4 is 9.47 Å². The molecule has 8 heteroatoms. The van der Waals surface area contributed by atoms with Gasteiger partial charge in [0.2, 0.25) is 0 Å². The molecule has 198 valence electrons. The van der Waals surface area contributed by atoms with Crippen LogP contribution in [0.1, 0.15) is 55.8 Å². The third kappa shape index (κ3) is 5.16. The van der Waals surface area contributed by atoms with Gasteiger partial charge in [0.15, 0.2) is 0 Å². The summed E-state index contributed by atoms with van der Waals surface area (Å²) < 4.78 is 13.6. The molecule has 2 atom stereocenters. The maximum absolute atomic E-state index is 13.4. The number of ether oxygens (including phenoxy) is 2. The number of ketones is 1. The van der Waals surface area contributed by atoms with E-state index in [0.29, 0.717) is 37.4 Å². The molecular weight excluding hydrogens is 482 g/mol. The van der Waals surface area contributed by atoms with Crippen molar-refractivity contribution in [2.24, 2.45) is 0 Å². The van der Waals surface area contributed by atoms with Gasteiger partial charge in [0, 0.05) is 37.5 Å². The number of unbranched alkanes of at least 4 members (excludes halogenated alkanes) is 1. The van der Waals surface area contributed by atoms with Crippen LogP contribution in [0.4, 0.5) is 0 Å². The highest BCUT2D eigenvalue weighted by atomic mass is 16.5. The van der Waals surface area contributed by atoms with E-state index < -0.39 is 17.7 Å². The molecule has 0 unspecified atom stereocenters. The molecule has 1 N–H and O–H groups in total. The Bertz CT molecular complexity index is 1350. The number of aliphatic hydroxyl groups excluding tert-OH is 1. The van der Waals surface area contributed by atoms with Crippen LogP contribution in [0.3, 0.4) is 0 Å². The van der Waals surface area contributed by atoms with Gasteiger partial charge >= 0.3 is 0 Å². The van der Waals surface area contributed by atoms with Crippen molar-refractivity contribution in [1.82, 2.24) is 14.5 Å². The Hall–Kier alpha value is -4.07. The Morgan fingerprint density at radius 3 is 2.82 bits per heavy atom. The number of Topliss-reactive ketones (excluding diaryl/α,β-unsaturated/α-hetero) is 1. The molecule has 5 rings (SSSR count). The van der Waals surface area contributed by atoms with Crippen LogP contribution in [0.25, 0.3) is 5.76 Å². The van der Waals surface area contributed by atoms with Crippen LogP contribution >= 0.6 is 0 Å². The molecule has 3 heterocycles. The molecule has 0 saturated carbocycles. The molecule has 1 amide bonds. The zero-order valence-corrected chi connectivity index (χ0v) is 21.8. The van der Waals surface area contributed by atoms with Crippen LogP contribution in [0.5, 0.6) is 11.5 Å². The number of aromatic nitrogens is 2. The summed E-state index contributed by atoms with van der Waals surface area (Å²) in [4.78, 5) is 32.4. The lowest BCUT2D eigenvalue weighted by Crippen LogP contribution is -2.31. The third-order valence-electron chi connectivity index (χ3n) is 7.02.